The van der Waals surface area contributed by atoms with Crippen molar-refractivity contribution in [1.82, 2.24) is 14.7 Å². The van der Waals surface area contributed by atoms with Crippen LogP contribution in [0.4, 0.5) is 0 Å². The summed E-state index contributed by atoms with van der Waals surface area (Å²) in [5, 5.41) is 4.81. The number of rotatable bonds is 5. The zero-order valence-corrected chi connectivity index (χ0v) is 16.6. The van der Waals surface area contributed by atoms with E-state index in [1.807, 2.05) is 24.3 Å². The number of benzene rings is 2. The predicted octanol–water partition coefficient (Wildman–Crippen LogP) is 2.70. The molecule has 3 aromatic rings. The van der Waals surface area contributed by atoms with Crippen LogP contribution in [0, 0.1) is 0 Å². The number of carbonyl (C=O) groups is 1. The summed E-state index contributed by atoms with van der Waals surface area (Å²) in [5.41, 5.74) is 4.11. The van der Waals surface area contributed by atoms with Gasteiger partial charge < -0.3 is 0 Å². The minimum absolute atomic E-state index is 0.0482. The smallest absolute Gasteiger partial charge is 0.267 e. The van der Waals surface area contributed by atoms with Crippen molar-refractivity contribution >= 4 is 43.2 Å². The van der Waals surface area contributed by atoms with Crippen LogP contribution in [0.25, 0.3) is 10.2 Å². The van der Waals surface area contributed by atoms with Gasteiger partial charge in [-0.3, -0.25) is 4.79 Å². The number of para-hydroxylation sites is 1. The molecule has 3 rings (SSSR count). The molecule has 2 aromatic carbocycles. The van der Waals surface area contributed by atoms with Crippen LogP contribution >= 0.6 is 11.3 Å². The molecule has 0 atom stereocenters. The Labute approximate surface area is 161 Å². The van der Waals surface area contributed by atoms with E-state index < -0.39 is 15.9 Å². The van der Waals surface area contributed by atoms with Crippen LogP contribution in [-0.2, 0) is 10.0 Å². The van der Waals surface area contributed by atoms with Crippen LogP contribution in [0.15, 0.2) is 58.5 Å². The average Bonchev–Trinajstić information content (AvgIpc) is 3.10. The van der Waals surface area contributed by atoms with Crippen molar-refractivity contribution in [2.75, 3.05) is 14.1 Å². The van der Waals surface area contributed by atoms with Gasteiger partial charge in [-0.2, -0.15) is 5.10 Å². The second-order valence-corrected chi connectivity index (χ2v) is 9.12. The van der Waals surface area contributed by atoms with Crippen molar-refractivity contribution in [2.24, 2.45) is 5.10 Å². The maximum absolute atomic E-state index is 12.4. The van der Waals surface area contributed by atoms with Crippen LogP contribution in [0.5, 0.6) is 0 Å². The highest BCUT2D eigenvalue weighted by molar-refractivity contribution is 7.89. The molecule has 1 amide bonds. The Morgan fingerprint density at radius 2 is 1.89 bits per heavy atom. The summed E-state index contributed by atoms with van der Waals surface area (Å²) in [6, 6.07) is 13.6. The van der Waals surface area contributed by atoms with Gasteiger partial charge in [-0.05, 0) is 37.3 Å². The lowest BCUT2D eigenvalue weighted by atomic mass is 10.2. The van der Waals surface area contributed by atoms with E-state index in [2.05, 4.69) is 15.5 Å². The van der Waals surface area contributed by atoms with Crippen LogP contribution in [-0.4, -0.2) is 43.4 Å². The van der Waals surface area contributed by atoms with Crippen molar-refractivity contribution in [3.63, 3.8) is 0 Å². The molecule has 0 unspecified atom stereocenters. The van der Waals surface area contributed by atoms with E-state index >= 15 is 0 Å². The van der Waals surface area contributed by atoms with Gasteiger partial charge in [0.1, 0.15) is 5.01 Å². The summed E-state index contributed by atoms with van der Waals surface area (Å²) in [7, 11) is -0.736. The van der Waals surface area contributed by atoms with Crippen LogP contribution in [0.3, 0.4) is 0 Å². The molecule has 0 aliphatic carbocycles. The molecule has 0 aliphatic heterocycles. The second kappa shape index (κ2) is 7.55. The van der Waals surface area contributed by atoms with Gasteiger partial charge in [0.25, 0.3) is 5.91 Å². The average molecular weight is 403 g/mol. The van der Waals surface area contributed by atoms with Gasteiger partial charge in [0.2, 0.25) is 10.0 Å². The first-order valence-electron chi connectivity index (χ1n) is 8.02. The zero-order valence-electron chi connectivity index (χ0n) is 15.0. The van der Waals surface area contributed by atoms with Gasteiger partial charge in [0, 0.05) is 19.7 Å². The Kier molecular flexibility index (Phi) is 5.36. The molecule has 0 aliphatic rings. The molecule has 7 nitrogen and oxygen atoms in total. The lowest BCUT2D eigenvalue weighted by Gasteiger charge is -2.11. The molecular weight excluding hydrogens is 384 g/mol. The number of hydrogen-bond acceptors (Lipinski definition) is 6. The Morgan fingerprint density at radius 3 is 2.59 bits per heavy atom. The van der Waals surface area contributed by atoms with Gasteiger partial charge in [-0.15, -0.1) is 11.3 Å². The number of hydrogen-bond donors (Lipinski definition) is 1. The molecule has 0 saturated heterocycles. The normalized spacial score (nSPS) is 12.5. The second-order valence-electron chi connectivity index (χ2n) is 5.94. The summed E-state index contributed by atoms with van der Waals surface area (Å²) in [5.74, 6) is -0.494. The number of nitrogens with one attached hydrogen (secondary N) is 1. The third-order valence-electron chi connectivity index (χ3n) is 3.80. The summed E-state index contributed by atoms with van der Waals surface area (Å²) in [6.45, 7) is 1.75. The molecule has 0 fully saturated rings. The Hall–Kier alpha value is -2.62. The van der Waals surface area contributed by atoms with Crippen molar-refractivity contribution in [2.45, 2.75) is 11.8 Å². The number of thiazole rings is 1. The van der Waals surface area contributed by atoms with E-state index in [9.17, 15) is 13.2 Å². The summed E-state index contributed by atoms with van der Waals surface area (Å²) >= 11 is 1.48. The molecule has 1 N–H and O–H groups in total. The first-order valence-corrected chi connectivity index (χ1v) is 10.3. The largest absolute Gasteiger partial charge is 0.271 e. The number of nitrogens with zero attached hydrogens (tertiary/aromatic N) is 3. The Balaban J connectivity index is 1.80. The molecule has 1 heterocycles. The number of carbonyl (C=O) groups excluding carboxylic acids is 1. The first kappa shape index (κ1) is 19.2. The topological polar surface area (TPSA) is 91.7 Å². The van der Waals surface area contributed by atoms with E-state index in [1.165, 1.54) is 49.7 Å². The summed E-state index contributed by atoms with van der Waals surface area (Å²) in [6.07, 6.45) is 0. The fourth-order valence-electron chi connectivity index (χ4n) is 2.28. The number of hydrazone groups is 1. The molecular formula is C18H18N4O3S2. The van der Waals surface area contributed by atoms with Crippen molar-refractivity contribution in [3.8, 4) is 0 Å². The lowest BCUT2D eigenvalue weighted by Crippen LogP contribution is -2.23. The van der Waals surface area contributed by atoms with Crippen LogP contribution < -0.4 is 5.43 Å². The van der Waals surface area contributed by atoms with Crippen molar-refractivity contribution in [3.05, 3.63) is 59.1 Å². The van der Waals surface area contributed by atoms with E-state index in [-0.39, 0.29) is 10.5 Å². The summed E-state index contributed by atoms with van der Waals surface area (Å²) < 4.78 is 26.5. The zero-order chi connectivity index (χ0) is 19.6. The lowest BCUT2D eigenvalue weighted by molar-refractivity contribution is 0.0954. The minimum Gasteiger partial charge on any atom is -0.267 e. The quantitative estimate of drug-likeness (QED) is 0.525. The highest BCUT2D eigenvalue weighted by Gasteiger charge is 2.18. The SMILES string of the molecule is C/C(=N/NC(=O)c1cccc(S(=O)(=O)N(C)C)c1)c1nc2ccccc2s1. The van der Waals surface area contributed by atoms with Crippen LogP contribution in [0.1, 0.15) is 22.3 Å². The Bertz CT molecular complexity index is 1100. The molecule has 0 saturated carbocycles. The minimum atomic E-state index is -3.61. The highest BCUT2D eigenvalue weighted by atomic mass is 32.2. The molecule has 27 heavy (non-hydrogen) atoms. The number of amides is 1. The van der Waals surface area contributed by atoms with E-state index in [0.717, 1.165) is 14.5 Å². The van der Waals surface area contributed by atoms with Crippen LogP contribution in [0.2, 0.25) is 0 Å². The predicted molar refractivity (Wildman–Crippen MR) is 107 cm³/mol. The number of sulfonamides is 1. The maximum atomic E-state index is 12.4. The highest BCUT2D eigenvalue weighted by Crippen LogP contribution is 2.22. The molecule has 9 heteroatoms. The van der Waals surface area contributed by atoms with Gasteiger partial charge in [0.15, 0.2) is 0 Å². The number of fused-ring (bicyclic) bond motifs is 1. The Morgan fingerprint density at radius 1 is 1.15 bits per heavy atom. The fourth-order valence-corrected chi connectivity index (χ4v) is 4.14. The molecule has 140 valence electrons. The molecule has 0 radical (unpaired) electrons. The summed E-state index contributed by atoms with van der Waals surface area (Å²) in [4.78, 5) is 16.9. The number of aromatic nitrogens is 1. The molecule has 0 spiro atoms. The van der Waals surface area contributed by atoms with E-state index in [1.54, 1.807) is 6.92 Å². The van der Waals surface area contributed by atoms with Gasteiger partial charge in [-0.25, -0.2) is 23.1 Å². The maximum Gasteiger partial charge on any atom is 0.271 e. The van der Waals surface area contributed by atoms with Gasteiger partial charge in [0.05, 0.1) is 20.8 Å². The molecule has 1 aromatic heterocycles. The third-order valence-corrected chi connectivity index (χ3v) is 6.76. The molecule has 0 bridgehead atoms. The first-order chi connectivity index (χ1) is 12.8. The monoisotopic (exact) mass is 402 g/mol. The van der Waals surface area contributed by atoms with Gasteiger partial charge >= 0.3 is 0 Å². The van der Waals surface area contributed by atoms with Gasteiger partial charge in [-0.1, -0.05) is 18.2 Å². The fraction of sp³-hybridized carbons (Fsp3) is 0.167. The van der Waals surface area contributed by atoms with Crippen molar-refractivity contribution in [1.29, 1.82) is 0 Å². The van der Waals surface area contributed by atoms with Crippen molar-refractivity contribution < 1.29 is 13.2 Å². The van der Waals surface area contributed by atoms with E-state index in [4.69, 9.17) is 0 Å². The third kappa shape index (κ3) is 4.05. The standard InChI is InChI=1S/C18H18N4O3S2/c1-12(18-19-15-9-4-5-10-16(15)26-18)20-21-17(23)13-7-6-8-14(11-13)27(24,25)22(2)3/h4-11H,1-3H3,(H,21,23)/b20-12-. The van der Waals surface area contributed by atoms with E-state index in [0.29, 0.717) is 10.7 Å².